The summed E-state index contributed by atoms with van der Waals surface area (Å²) < 4.78 is 0. The van der Waals surface area contributed by atoms with Crippen molar-refractivity contribution in [2.24, 2.45) is 0 Å². The number of benzene rings is 1. The fourth-order valence-electron chi connectivity index (χ4n) is 3.26. The van der Waals surface area contributed by atoms with Crippen LogP contribution >= 0.6 is 0 Å². The molecule has 2 aromatic rings. The van der Waals surface area contributed by atoms with Crippen LogP contribution in [-0.4, -0.2) is 22.8 Å². The van der Waals surface area contributed by atoms with Crippen LogP contribution in [-0.2, 0) is 6.54 Å². The second-order valence-corrected chi connectivity index (χ2v) is 6.76. The van der Waals surface area contributed by atoms with E-state index < -0.39 is 0 Å². The van der Waals surface area contributed by atoms with Gasteiger partial charge in [0.05, 0.1) is 0 Å². The maximum atomic E-state index is 12.5. The Kier molecular flexibility index (Phi) is 6.36. The summed E-state index contributed by atoms with van der Waals surface area (Å²) in [4.78, 5) is 28.9. The third-order valence-corrected chi connectivity index (χ3v) is 4.74. The standard InChI is InChI=1S/C21H25N3O2/c25-20(24-18-10-6-1-2-7-11-18)17-12-13-22-19(14-17)21(26)23-15-16-8-4-3-5-9-16/h3-5,8-9,12-14,18H,1-2,6-7,10-11,15H2,(H,23,26)(H,24,25). The number of pyridine rings is 1. The highest BCUT2D eigenvalue weighted by atomic mass is 16.2. The largest absolute Gasteiger partial charge is 0.349 e. The molecule has 0 saturated heterocycles. The van der Waals surface area contributed by atoms with Crippen molar-refractivity contribution in [3.8, 4) is 0 Å². The lowest BCUT2D eigenvalue weighted by Crippen LogP contribution is -2.34. The second-order valence-electron chi connectivity index (χ2n) is 6.76. The highest BCUT2D eigenvalue weighted by molar-refractivity contribution is 5.98. The van der Waals surface area contributed by atoms with Crippen LogP contribution in [0.5, 0.6) is 0 Å². The van der Waals surface area contributed by atoms with Gasteiger partial charge >= 0.3 is 0 Å². The molecule has 1 fully saturated rings. The Morgan fingerprint density at radius 1 is 0.962 bits per heavy atom. The van der Waals surface area contributed by atoms with Gasteiger partial charge in [-0.25, -0.2) is 0 Å². The van der Waals surface area contributed by atoms with E-state index >= 15 is 0 Å². The zero-order valence-electron chi connectivity index (χ0n) is 14.9. The molecule has 26 heavy (non-hydrogen) atoms. The number of nitrogens with zero attached hydrogens (tertiary/aromatic N) is 1. The molecule has 0 radical (unpaired) electrons. The van der Waals surface area contributed by atoms with Crippen molar-refractivity contribution < 1.29 is 9.59 Å². The van der Waals surface area contributed by atoms with Crippen molar-refractivity contribution in [1.29, 1.82) is 0 Å². The minimum absolute atomic E-state index is 0.128. The number of nitrogens with one attached hydrogen (secondary N) is 2. The van der Waals surface area contributed by atoms with Gasteiger partial charge in [0.15, 0.2) is 0 Å². The number of hydrogen-bond donors (Lipinski definition) is 2. The van der Waals surface area contributed by atoms with Gasteiger partial charge in [0.2, 0.25) is 0 Å². The lowest BCUT2D eigenvalue weighted by molar-refractivity contribution is 0.0933. The first-order valence-electron chi connectivity index (χ1n) is 9.31. The topological polar surface area (TPSA) is 71.1 Å². The molecular weight excluding hydrogens is 326 g/mol. The third-order valence-electron chi connectivity index (χ3n) is 4.74. The molecule has 1 heterocycles. The summed E-state index contributed by atoms with van der Waals surface area (Å²) in [6.07, 6.45) is 8.38. The van der Waals surface area contributed by atoms with Gasteiger partial charge in [0, 0.05) is 24.3 Å². The fraction of sp³-hybridized carbons (Fsp3) is 0.381. The summed E-state index contributed by atoms with van der Waals surface area (Å²) >= 11 is 0. The van der Waals surface area contributed by atoms with Crippen LogP contribution in [0.3, 0.4) is 0 Å². The Morgan fingerprint density at radius 3 is 2.42 bits per heavy atom. The van der Waals surface area contributed by atoms with E-state index in [-0.39, 0.29) is 23.6 Å². The van der Waals surface area contributed by atoms with Crippen molar-refractivity contribution in [3.63, 3.8) is 0 Å². The van der Waals surface area contributed by atoms with Gasteiger partial charge in [0.25, 0.3) is 11.8 Å². The molecule has 0 spiro atoms. The van der Waals surface area contributed by atoms with Crippen molar-refractivity contribution in [2.75, 3.05) is 0 Å². The monoisotopic (exact) mass is 351 g/mol. The quantitative estimate of drug-likeness (QED) is 0.811. The number of amides is 2. The molecule has 1 aromatic heterocycles. The zero-order valence-corrected chi connectivity index (χ0v) is 14.9. The normalized spacial score (nSPS) is 15.1. The molecule has 3 rings (SSSR count). The van der Waals surface area contributed by atoms with Crippen molar-refractivity contribution in [1.82, 2.24) is 15.6 Å². The molecular formula is C21H25N3O2. The third kappa shape index (κ3) is 5.15. The molecule has 5 nitrogen and oxygen atoms in total. The number of aromatic nitrogens is 1. The molecule has 1 aliphatic rings. The Balaban J connectivity index is 1.59. The van der Waals surface area contributed by atoms with Gasteiger partial charge in [-0.3, -0.25) is 14.6 Å². The van der Waals surface area contributed by atoms with Gasteiger partial charge in [-0.1, -0.05) is 56.0 Å². The van der Waals surface area contributed by atoms with Gasteiger partial charge in [-0.2, -0.15) is 0 Å². The molecule has 1 aromatic carbocycles. The summed E-state index contributed by atoms with van der Waals surface area (Å²) in [5.74, 6) is -0.408. The molecule has 0 atom stereocenters. The molecule has 5 heteroatoms. The number of carbonyl (C=O) groups is 2. The maximum absolute atomic E-state index is 12.5. The van der Waals surface area contributed by atoms with Crippen LogP contribution in [0.2, 0.25) is 0 Å². The summed E-state index contributed by atoms with van der Waals surface area (Å²) in [5.41, 5.74) is 1.76. The average molecular weight is 351 g/mol. The minimum atomic E-state index is -0.280. The molecule has 0 bridgehead atoms. The van der Waals surface area contributed by atoms with Gasteiger partial charge in [-0.15, -0.1) is 0 Å². The number of hydrogen-bond acceptors (Lipinski definition) is 3. The van der Waals surface area contributed by atoms with Gasteiger partial charge in [-0.05, 0) is 30.5 Å². The van der Waals surface area contributed by atoms with E-state index in [0.717, 1.165) is 31.2 Å². The first-order valence-corrected chi connectivity index (χ1v) is 9.31. The predicted octanol–water partition coefficient (Wildman–Crippen LogP) is 3.46. The van der Waals surface area contributed by atoms with Crippen LogP contribution < -0.4 is 10.6 Å². The summed E-state index contributed by atoms with van der Waals surface area (Å²) in [6.45, 7) is 0.430. The highest BCUT2D eigenvalue weighted by Crippen LogP contribution is 2.17. The smallest absolute Gasteiger partial charge is 0.270 e. The van der Waals surface area contributed by atoms with E-state index in [1.807, 2.05) is 30.3 Å². The van der Waals surface area contributed by atoms with E-state index in [0.29, 0.717) is 12.1 Å². The Hall–Kier alpha value is -2.69. The second kappa shape index (κ2) is 9.13. The van der Waals surface area contributed by atoms with Crippen molar-refractivity contribution in [3.05, 3.63) is 65.5 Å². The summed E-state index contributed by atoms with van der Waals surface area (Å²) in [6, 6.07) is 13.1. The van der Waals surface area contributed by atoms with Crippen LogP contribution in [0.4, 0.5) is 0 Å². The fourth-order valence-corrected chi connectivity index (χ4v) is 3.26. The SMILES string of the molecule is O=C(NC1CCCCCC1)c1ccnc(C(=O)NCc2ccccc2)c1. The number of carbonyl (C=O) groups excluding carboxylic acids is 2. The van der Waals surface area contributed by atoms with Crippen LogP contribution in [0.15, 0.2) is 48.7 Å². The van der Waals surface area contributed by atoms with Gasteiger partial charge < -0.3 is 10.6 Å². The predicted molar refractivity (Wildman–Crippen MR) is 101 cm³/mol. The molecule has 1 aliphatic carbocycles. The van der Waals surface area contributed by atoms with Crippen molar-refractivity contribution in [2.45, 2.75) is 51.1 Å². The minimum Gasteiger partial charge on any atom is -0.349 e. The highest BCUT2D eigenvalue weighted by Gasteiger charge is 2.17. The Labute approximate surface area is 154 Å². The summed E-state index contributed by atoms with van der Waals surface area (Å²) in [7, 11) is 0. The van der Waals surface area contributed by atoms with E-state index in [9.17, 15) is 9.59 Å². The van der Waals surface area contributed by atoms with E-state index in [2.05, 4.69) is 15.6 Å². The molecule has 0 aliphatic heterocycles. The molecule has 1 saturated carbocycles. The van der Waals surface area contributed by atoms with Crippen LogP contribution in [0.25, 0.3) is 0 Å². The van der Waals surface area contributed by atoms with Crippen molar-refractivity contribution >= 4 is 11.8 Å². The molecule has 2 N–H and O–H groups in total. The Bertz CT molecular complexity index is 738. The Morgan fingerprint density at radius 2 is 1.69 bits per heavy atom. The van der Waals surface area contributed by atoms with Gasteiger partial charge in [0.1, 0.15) is 5.69 Å². The summed E-state index contributed by atoms with van der Waals surface area (Å²) in [5, 5.41) is 5.94. The van der Waals surface area contributed by atoms with E-state index in [4.69, 9.17) is 0 Å². The molecule has 136 valence electrons. The zero-order chi connectivity index (χ0) is 18.2. The van der Waals surface area contributed by atoms with E-state index in [1.54, 1.807) is 12.1 Å². The molecule has 0 unspecified atom stereocenters. The maximum Gasteiger partial charge on any atom is 0.270 e. The van der Waals surface area contributed by atoms with Crippen LogP contribution in [0, 0.1) is 0 Å². The average Bonchev–Trinajstić information content (AvgIpc) is 2.95. The lowest BCUT2D eigenvalue weighted by Gasteiger charge is -2.16. The lowest BCUT2D eigenvalue weighted by atomic mass is 10.1. The first kappa shape index (κ1) is 18.1. The van der Waals surface area contributed by atoms with E-state index in [1.165, 1.54) is 19.0 Å². The molecule has 2 amide bonds. The number of rotatable bonds is 5. The first-order chi connectivity index (χ1) is 12.7. The van der Waals surface area contributed by atoms with Crippen LogP contribution in [0.1, 0.15) is 64.9 Å².